The molecule has 122 valence electrons. The number of sulfonamides is 1. The van der Waals surface area contributed by atoms with Gasteiger partial charge in [0.05, 0.1) is 23.9 Å². The molecule has 1 fully saturated rings. The number of pyridine rings is 1. The minimum Gasteiger partial charge on any atom is -0.496 e. The number of hydrogen-bond acceptors (Lipinski definition) is 5. The summed E-state index contributed by atoms with van der Waals surface area (Å²) in [4.78, 5) is 4.33. The zero-order valence-electron chi connectivity index (χ0n) is 13.0. The van der Waals surface area contributed by atoms with Crippen LogP contribution >= 0.6 is 0 Å². The monoisotopic (exact) mass is 333 g/mol. The molecule has 1 saturated carbocycles. The van der Waals surface area contributed by atoms with Crippen LogP contribution in [-0.4, -0.2) is 26.6 Å². The molecule has 6 nitrogen and oxygen atoms in total. The maximum atomic E-state index is 12.4. The first-order valence-electron chi connectivity index (χ1n) is 7.38. The lowest BCUT2D eigenvalue weighted by atomic mass is 10.2. The number of rotatable bonds is 6. The summed E-state index contributed by atoms with van der Waals surface area (Å²) in [5.74, 6) is 0.942. The van der Waals surface area contributed by atoms with E-state index in [2.05, 4.69) is 15.0 Å². The van der Waals surface area contributed by atoms with E-state index >= 15 is 0 Å². The molecule has 1 aliphatic rings. The van der Waals surface area contributed by atoms with Gasteiger partial charge in [0.15, 0.2) is 0 Å². The molecule has 1 heterocycles. The fourth-order valence-corrected chi connectivity index (χ4v) is 3.31. The van der Waals surface area contributed by atoms with E-state index in [1.54, 1.807) is 38.4 Å². The number of benzene rings is 1. The Morgan fingerprint density at radius 2 is 2.00 bits per heavy atom. The molecule has 0 bridgehead atoms. The van der Waals surface area contributed by atoms with Crippen molar-refractivity contribution in [2.45, 2.75) is 30.7 Å². The van der Waals surface area contributed by atoms with Crippen molar-refractivity contribution in [2.75, 3.05) is 17.1 Å². The molecule has 0 amide bonds. The van der Waals surface area contributed by atoms with Gasteiger partial charge in [-0.3, -0.25) is 4.72 Å². The normalized spacial score (nSPS) is 14.3. The van der Waals surface area contributed by atoms with Gasteiger partial charge in [-0.2, -0.15) is 0 Å². The molecule has 1 aromatic heterocycles. The average molecular weight is 333 g/mol. The van der Waals surface area contributed by atoms with E-state index < -0.39 is 10.0 Å². The molecule has 1 aliphatic carbocycles. The summed E-state index contributed by atoms with van der Waals surface area (Å²) in [6, 6.07) is 8.73. The van der Waals surface area contributed by atoms with Gasteiger partial charge in [0.1, 0.15) is 11.6 Å². The first-order valence-corrected chi connectivity index (χ1v) is 8.86. The maximum absolute atomic E-state index is 12.4. The molecule has 7 heteroatoms. The third-order valence-electron chi connectivity index (χ3n) is 3.63. The fourth-order valence-electron chi connectivity index (χ4n) is 2.22. The lowest BCUT2D eigenvalue weighted by Gasteiger charge is -2.10. The number of nitrogens with zero attached hydrogens (tertiary/aromatic N) is 1. The average Bonchev–Trinajstić information content (AvgIpc) is 3.33. The Kier molecular flexibility index (Phi) is 4.12. The third kappa shape index (κ3) is 3.73. The Hall–Kier alpha value is -2.28. The summed E-state index contributed by atoms with van der Waals surface area (Å²) in [5, 5.41) is 3.30. The summed E-state index contributed by atoms with van der Waals surface area (Å²) >= 11 is 0. The zero-order chi connectivity index (χ0) is 16.4. The number of nitrogens with one attached hydrogen (secondary N) is 2. The van der Waals surface area contributed by atoms with Crippen LogP contribution in [0, 0.1) is 6.92 Å². The molecule has 0 unspecified atom stereocenters. The molecular formula is C16H19N3O3S. The predicted octanol–water partition coefficient (Wildman–Crippen LogP) is 2.77. The first kappa shape index (κ1) is 15.6. The highest BCUT2D eigenvalue weighted by Gasteiger charge is 2.21. The van der Waals surface area contributed by atoms with E-state index in [9.17, 15) is 8.42 Å². The highest BCUT2D eigenvalue weighted by atomic mass is 32.2. The second kappa shape index (κ2) is 6.08. The largest absolute Gasteiger partial charge is 0.496 e. The number of ether oxygens (including phenoxy) is 1. The van der Waals surface area contributed by atoms with Crippen LogP contribution in [0.2, 0.25) is 0 Å². The topological polar surface area (TPSA) is 80.3 Å². The van der Waals surface area contributed by atoms with Gasteiger partial charge in [0.2, 0.25) is 0 Å². The van der Waals surface area contributed by atoms with Gasteiger partial charge in [-0.15, -0.1) is 0 Å². The van der Waals surface area contributed by atoms with Crippen molar-refractivity contribution in [3.05, 3.63) is 42.1 Å². The molecule has 0 aliphatic heterocycles. The van der Waals surface area contributed by atoms with E-state index in [-0.39, 0.29) is 4.90 Å². The van der Waals surface area contributed by atoms with Gasteiger partial charge >= 0.3 is 0 Å². The summed E-state index contributed by atoms with van der Waals surface area (Å²) in [5.41, 5.74) is 1.66. The van der Waals surface area contributed by atoms with Crippen molar-refractivity contribution in [1.82, 2.24) is 4.98 Å². The second-order valence-electron chi connectivity index (χ2n) is 5.59. The SMILES string of the molecule is COc1ccc(S(=O)(=O)Nc2ccc(NC3CC3)cn2)cc1C. The van der Waals surface area contributed by atoms with Crippen molar-refractivity contribution >= 4 is 21.5 Å². The van der Waals surface area contributed by atoms with Crippen molar-refractivity contribution in [2.24, 2.45) is 0 Å². The molecule has 0 atom stereocenters. The summed E-state index contributed by atoms with van der Waals surface area (Å²) < 4.78 is 32.5. The van der Waals surface area contributed by atoms with Crippen LogP contribution in [0.15, 0.2) is 41.4 Å². The van der Waals surface area contributed by atoms with E-state index in [0.29, 0.717) is 17.6 Å². The smallest absolute Gasteiger partial charge is 0.263 e. The van der Waals surface area contributed by atoms with Crippen LogP contribution < -0.4 is 14.8 Å². The minimum atomic E-state index is -3.67. The Morgan fingerprint density at radius 3 is 2.57 bits per heavy atom. The van der Waals surface area contributed by atoms with E-state index in [0.717, 1.165) is 11.3 Å². The number of aryl methyl sites for hydroxylation is 1. The van der Waals surface area contributed by atoms with E-state index in [4.69, 9.17) is 4.74 Å². The Balaban J connectivity index is 1.75. The van der Waals surface area contributed by atoms with E-state index in [1.807, 2.05) is 6.07 Å². The molecular weight excluding hydrogens is 314 g/mol. The second-order valence-corrected chi connectivity index (χ2v) is 7.27. The summed E-state index contributed by atoms with van der Waals surface area (Å²) in [6.45, 7) is 1.80. The van der Waals surface area contributed by atoms with Crippen LogP contribution in [0.4, 0.5) is 11.5 Å². The van der Waals surface area contributed by atoms with Gasteiger partial charge in [-0.1, -0.05) is 0 Å². The molecule has 3 rings (SSSR count). The van der Waals surface area contributed by atoms with Crippen molar-refractivity contribution in [3.8, 4) is 5.75 Å². The quantitative estimate of drug-likeness (QED) is 0.849. The molecule has 2 N–H and O–H groups in total. The fraction of sp³-hybridized carbons (Fsp3) is 0.312. The predicted molar refractivity (Wildman–Crippen MR) is 89.4 cm³/mol. The molecule has 1 aromatic carbocycles. The van der Waals surface area contributed by atoms with Gasteiger partial charge < -0.3 is 10.1 Å². The van der Waals surface area contributed by atoms with Crippen molar-refractivity contribution in [1.29, 1.82) is 0 Å². The van der Waals surface area contributed by atoms with Crippen LogP contribution in [0.3, 0.4) is 0 Å². The molecule has 23 heavy (non-hydrogen) atoms. The van der Waals surface area contributed by atoms with E-state index in [1.165, 1.54) is 18.9 Å². The van der Waals surface area contributed by atoms with Gasteiger partial charge in [-0.25, -0.2) is 13.4 Å². The lowest BCUT2D eigenvalue weighted by molar-refractivity contribution is 0.411. The molecule has 0 spiro atoms. The van der Waals surface area contributed by atoms with Crippen LogP contribution in [0.25, 0.3) is 0 Å². The Morgan fingerprint density at radius 1 is 1.22 bits per heavy atom. The number of hydrogen-bond donors (Lipinski definition) is 2. The Labute approximate surface area is 136 Å². The summed E-state index contributed by atoms with van der Waals surface area (Å²) in [7, 11) is -2.12. The Bertz CT molecular complexity index is 800. The summed E-state index contributed by atoms with van der Waals surface area (Å²) in [6.07, 6.45) is 3.98. The van der Waals surface area contributed by atoms with Gasteiger partial charge in [0, 0.05) is 6.04 Å². The van der Waals surface area contributed by atoms with Crippen LogP contribution in [0.5, 0.6) is 5.75 Å². The number of anilines is 2. The third-order valence-corrected chi connectivity index (χ3v) is 4.98. The first-order chi connectivity index (χ1) is 11.0. The van der Waals surface area contributed by atoms with Gasteiger partial charge in [0.25, 0.3) is 10.0 Å². The number of aromatic nitrogens is 1. The molecule has 2 aromatic rings. The molecule has 0 radical (unpaired) electrons. The van der Waals surface area contributed by atoms with Crippen molar-refractivity contribution in [3.63, 3.8) is 0 Å². The van der Waals surface area contributed by atoms with Crippen molar-refractivity contribution < 1.29 is 13.2 Å². The highest BCUT2D eigenvalue weighted by Crippen LogP contribution is 2.25. The lowest BCUT2D eigenvalue weighted by Crippen LogP contribution is -2.14. The molecule has 0 saturated heterocycles. The maximum Gasteiger partial charge on any atom is 0.263 e. The zero-order valence-corrected chi connectivity index (χ0v) is 13.9. The van der Waals surface area contributed by atoms with Crippen LogP contribution in [-0.2, 0) is 10.0 Å². The minimum absolute atomic E-state index is 0.179. The van der Waals surface area contributed by atoms with Gasteiger partial charge in [-0.05, 0) is 55.7 Å². The standard InChI is InChI=1S/C16H19N3O3S/c1-11-9-14(6-7-15(11)22-2)23(20,21)19-16-8-5-13(10-17-16)18-12-3-4-12/h5-10,12,18H,3-4H2,1-2H3,(H,17,19). The number of methoxy groups -OCH3 is 1. The highest BCUT2D eigenvalue weighted by molar-refractivity contribution is 7.92. The van der Waals surface area contributed by atoms with Crippen LogP contribution in [0.1, 0.15) is 18.4 Å².